The van der Waals surface area contributed by atoms with Crippen LogP contribution in [0, 0.1) is 13.8 Å². The summed E-state index contributed by atoms with van der Waals surface area (Å²) in [4.78, 5) is 0. The van der Waals surface area contributed by atoms with Crippen molar-refractivity contribution in [1.29, 1.82) is 0 Å². The summed E-state index contributed by atoms with van der Waals surface area (Å²) in [5, 5.41) is 3.59. The molecule has 0 fully saturated rings. The van der Waals surface area contributed by atoms with E-state index in [2.05, 4.69) is 88.3 Å². The molecule has 0 amide bonds. The molecule has 19 heavy (non-hydrogen) atoms. The lowest BCUT2D eigenvalue weighted by Crippen LogP contribution is -2.09. The third-order valence-corrected chi connectivity index (χ3v) is 4.51. The first-order valence-corrected chi connectivity index (χ1v) is 7.85. The van der Waals surface area contributed by atoms with Crippen molar-refractivity contribution in [3.63, 3.8) is 0 Å². The zero-order valence-corrected chi connectivity index (χ0v) is 14.5. The van der Waals surface area contributed by atoms with Crippen molar-refractivity contribution in [2.45, 2.75) is 26.8 Å². The molecular weight excluding hydrogens is 366 g/mol. The van der Waals surface area contributed by atoms with Crippen molar-refractivity contribution in [3.8, 4) is 0 Å². The number of halogens is 2. The second kappa shape index (κ2) is 6.10. The van der Waals surface area contributed by atoms with Crippen LogP contribution < -0.4 is 5.32 Å². The standard InChI is InChI=1S/C16H17Br2N/c1-10-8-11(2)16(15(18)9-10)19-12(3)13-6-4-5-7-14(13)17/h4-9,12,19H,1-3H3. The van der Waals surface area contributed by atoms with Crippen LogP contribution in [0.3, 0.4) is 0 Å². The van der Waals surface area contributed by atoms with Crippen molar-refractivity contribution in [2.75, 3.05) is 5.32 Å². The summed E-state index contributed by atoms with van der Waals surface area (Å²) in [7, 11) is 0. The van der Waals surface area contributed by atoms with E-state index < -0.39 is 0 Å². The Balaban J connectivity index is 2.29. The SMILES string of the molecule is Cc1cc(C)c(NC(C)c2ccccc2Br)c(Br)c1. The fraction of sp³-hybridized carbons (Fsp3) is 0.250. The number of hydrogen-bond acceptors (Lipinski definition) is 1. The van der Waals surface area contributed by atoms with E-state index in [9.17, 15) is 0 Å². The molecule has 1 N–H and O–H groups in total. The zero-order valence-electron chi connectivity index (χ0n) is 11.3. The molecule has 0 saturated carbocycles. The van der Waals surface area contributed by atoms with E-state index in [0.29, 0.717) is 0 Å². The van der Waals surface area contributed by atoms with Crippen LogP contribution in [0.5, 0.6) is 0 Å². The highest BCUT2D eigenvalue weighted by Gasteiger charge is 2.12. The molecule has 100 valence electrons. The van der Waals surface area contributed by atoms with Crippen molar-refractivity contribution in [1.82, 2.24) is 0 Å². The summed E-state index contributed by atoms with van der Waals surface area (Å²) in [5.41, 5.74) is 4.94. The number of hydrogen-bond donors (Lipinski definition) is 1. The quantitative estimate of drug-likeness (QED) is 0.686. The van der Waals surface area contributed by atoms with Crippen molar-refractivity contribution in [2.24, 2.45) is 0 Å². The summed E-state index contributed by atoms with van der Waals surface area (Å²) in [6.07, 6.45) is 0. The fourth-order valence-electron chi connectivity index (χ4n) is 2.22. The molecule has 0 aliphatic heterocycles. The summed E-state index contributed by atoms with van der Waals surface area (Å²) < 4.78 is 2.25. The smallest absolute Gasteiger partial charge is 0.0519 e. The molecule has 2 rings (SSSR count). The Morgan fingerprint density at radius 3 is 2.32 bits per heavy atom. The lowest BCUT2D eigenvalue weighted by atomic mass is 10.1. The molecular formula is C16H17Br2N. The second-order valence-electron chi connectivity index (χ2n) is 4.83. The molecule has 0 spiro atoms. The number of aryl methyl sites for hydroxylation is 2. The number of nitrogens with one attached hydrogen (secondary N) is 1. The van der Waals surface area contributed by atoms with Crippen molar-refractivity contribution in [3.05, 3.63) is 62.0 Å². The molecule has 0 radical (unpaired) electrons. The van der Waals surface area contributed by atoms with E-state index in [-0.39, 0.29) is 6.04 Å². The average molecular weight is 383 g/mol. The van der Waals surface area contributed by atoms with E-state index in [1.165, 1.54) is 16.7 Å². The third kappa shape index (κ3) is 3.40. The van der Waals surface area contributed by atoms with Crippen LogP contribution in [-0.4, -0.2) is 0 Å². The molecule has 0 aliphatic carbocycles. The first kappa shape index (κ1) is 14.6. The van der Waals surface area contributed by atoms with Crippen molar-refractivity contribution < 1.29 is 0 Å². The Kier molecular flexibility index (Phi) is 4.69. The second-order valence-corrected chi connectivity index (χ2v) is 6.53. The Morgan fingerprint density at radius 2 is 1.68 bits per heavy atom. The maximum atomic E-state index is 3.64. The molecule has 0 bridgehead atoms. The molecule has 0 aliphatic rings. The van der Waals surface area contributed by atoms with Crippen molar-refractivity contribution >= 4 is 37.5 Å². The van der Waals surface area contributed by atoms with Gasteiger partial charge in [-0.15, -0.1) is 0 Å². The lowest BCUT2D eigenvalue weighted by Gasteiger charge is -2.20. The number of anilines is 1. The molecule has 0 heterocycles. The van der Waals surface area contributed by atoms with Gasteiger partial charge in [-0.1, -0.05) is 40.2 Å². The summed E-state index contributed by atoms with van der Waals surface area (Å²) in [6.45, 7) is 6.41. The Bertz CT molecular complexity index is 570. The van der Waals surface area contributed by atoms with Crippen LogP contribution in [0.2, 0.25) is 0 Å². The number of benzene rings is 2. The van der Waals surface area contributed by atoms with E-state index in [1.807, 2.05) is 6.07 Å². The normalized spacial score (nSPS) is 12.3. The van der Waals surface area contributed by atoms with Gasteiger partial charge in [-0.25, -0.2) is 0 Å². The molecule has 2 aromatic carbocycles. The van der Waals surface area contributed by atoms with Gasteiger partial charge in [0, 0.05) is 15.0 Å². The van der Waals surface area contributed by atoms with E-state index >= 15 is 0 Å². The molecule has 2 aromatic rings. The predicted octanol–water partition coefficient (Wildman–Crippen LogP) is 6.00. The Morgan fingerprint density at radius 1 is 1.00 bits per heavy atom. The van der Waals surface area contributed by atoms with Gasteiger partial charge in [0.05, 0.1) is 5.69 Å². The van der Waals surface area contributed by atoms with Gasteiger partial charge in [-0.2, -0.15) is 0 Å². The van der Waals surface area contributed by atoms with Crippen LogP contribution in [0.25, 0.3) is 0 Å². The van der Waals surface area contributed by atoms with Gasteiger partial charge in [0.2, 0.25) is 0 Å². The first-order valence-electron chi connectivity index (χ1n) is 6.26. The summed E-state index contributed by atoms with van der Waals surface area (Å²) >= 11 is 7.25. The van der Waals surface area contributed by atoms with Gasteiger partial charge in [0.15, 0.2) is 0 Å². The van der Waals surface area contributed by atoms with E-state index in [0.717, 1.165) is 14.6 Å². The zero-order chi connectivity index (χ0) is 14.0. The minimum Gasteiger partial charge on any atom is -0.377 e. The molecule has 1 unspecified atom stereocenters. The van der Waals surface area contributed by atoms with Gasteiger partial charge >= 0.3 is 0 Å². The largest absolute Gasteiger partial charge is 0.377 e. The topological polar surface area (TPSA) is 12.0 Å². The van der Waals surface area contributed by atoms with Gasteiger partial charge in [0.25, 0.3) is 0 Å². The van der Waals surface area contributed by atoms with Crippen LogP contribution in [0.15, 0.2) is 45.3 Å². The summed E-state index contributed by atoms with van der Waals surface area (Å²) in [6, 6.07) is 12.9. The monoisotopic (exact) mass is 381 g/mol. The molecule has 3 heteroatoms. The first-order chi connectivity index (χ1) is 8.99. The fourth-order valence-corrected chi connectivity index (χ4v) is 3.64. The van der Waals surface area contributed by atoms with E-state index in [1.54, 1.807) is 0 Å². The van der Waals surface area contributed by atoms with Crippen LogP contribution >= 0.6 is 31.9 Å². The molecule has 0 saturated heterocycles. The summed E-state index contributed by atoms with van der Waals surface area (Å²) in [5.74, 6) is 0. The van der Waals surface area contributed by atoms with Crippen LogP contribution in [0.4, 0.5) is 5.69 Å². The van der Waals surface area contributed by atoms with Gasteiger partial charge in [-0.05, 0) is 65.5 Å². The highest BCUT2D eigenvalue weighted by atomic mass is 79.9. The maximum Gasteiger partial charge on any atom is 0.0519 e. The lowest BCUT2D eigenvalue weighted by molar-refractivity contribution is 0.875. The minimum absolute atomic E-state index is 0.244. The average Bonchev–Trinajstić information content (AvgIpc) is 2.34. The van der Waals surface area contributed by atoms with Gasteiger partial charge < -0.3 is 5.32 Å². The van der Waals surface area contributed by atoms with Crippen LogP contribution in [-0.2, 0) is 0 Å². The maximum absolute atomic E-state index is 3.64. The highest BCUT2D eigenvalue weighted by molar-refractivity contribution is 9.11. The minimum atomic E-state index is 0.244. The Hall–Kier alpha value is -0.800. The number of rotatable bonds is 3. The van der Waals surface area contributed by atoms with Gasteiger partial charge in [-0.3, -0.25) is 0 Å². The molecule has 0 aromatic heterocycles. The molecule has 1 atom stereocenters. The van der Waals surface area contributed by atoms with Crippen LogP contribution in [0.1, 0.15) is 29.7 Å². The highest BCUT2D eigenvalue weighted by Crippen LogP contribution is 2.32. The predicted molar refractivity (Wildman–Crippen MR) is 89.8 cm³/mol. The third-order valence-electron chi connectivity index (χ3n) is 3.16. The van der Waals surface area contributed by atoms with Gasteiger partial charge in [0.1, 0.15) is 0 Å². The Labute approximate surface area is 131 Å². The molecule has 1 nitrogen and oxygen atoms in total. The van der Waals surface area contributed by atoms with E-state index in [4.69, 9.17) is 0 Å².